The lowest BCUT2D eigenvalue weighted by Gasteiger charge is -2.06. The molecule has 0 radical (unpaired) electrons. The van der Waals surface area contributed by atoms with Gasteiger partial charge in [-0.25, -0.2) is 4.39 Å². The predicted octanol–water partition coefficient (Wildman–Crippen LogP) is 1.88. The van der Waals surface area contributed by atoms with Crippen LogP contribution in [0.15, 0.2) is 18.2 Å². The van der Waals surface area contributed by atoms with Gasteiger partial charge in [0.05, 0.1) is 16.7 Å². The van der Waals surface area contributed by atoms with Crippen LogP contribution in [0.2, 0.25) is 0 Å². The Kier molecular flexibility index (Phi) is 4.65. The van der Waals surface area contributed by atoms with Gasteiger partial charge in [-0.05, 0) is 25.5 Å². The fourth-order valence-electron chi connectivity index (χ4n) is 1.25. The van der Waals surface area contributed by atoms with Crippen molar-refractivity contribution in [1.29, 1.82) is 0 Å². The maximum Gasteiger partial charge on any atom is 0.272 e. The van der Waals surface area contributed by atoms with Crippen LogP contribution in [0, 0.1) is 15.9 Å². The predicted molar refractivity (Wildman–Crippen MR) is 59.8 cm³/mol. The molecule has 6 heteroatoms. The van der Waals surface area contributed by atoms with Crippen molar-refractivity contribution in [2.75, 3.05) is 18.4 Å². The molecule has 1 aromatic carbocycles. The lowest BCUT2D eigenvalue weighted by atomic mass is 10.2. The molecule has 0 saturated carbocycles. The molecular formula is C10H14FN3O2. The maximum absolute atomic E-state index is 13.3. The number of non-ortho nitro benzene ring substituents is 1. The molecule has 3 N–H and O–H groups in total. The SMILES string of the molecule is NCCCCNc1ccc([N+](=O)[O-])cc1F. The Morgan fingerprint density at radius 1 is 1.44 bits per heavy atom. The van der Waals surface area contributed by atoms with Crippen molar-refractivity contribution < 1.29 is 9.31 Å². The van der Waals surface area contributed by atoms with Crippen molar-refractivity contribution in [2.45, 2.75) is 12.8 Å². The molecule has 0 saturated heterocycles. The Bertz CT molecular complexity index is 371. The molecule has 0 aromatic heterocycles. The molecular weight excluding hydrogens is 213 g/mol. The van der Waals surface area contributed by atoms with E-state index in [0.29, 0.717) is 13.1 Å². The fraction of sp³-hybridized carbons (Fsp3) is 0.400. The summed E-state index contributed by atoms with van der Waals surface area (Å²) in [5, 5.41) is 13.2. The third-order valence-corrected chi connectivity index (χ3v) is 2.11. The number of nitro benzene ring substituents is 1. The van der Waals surface area contributed by atoms with E-state index in [9.17, 15) is 14.5 Å². The van der Waals surface area contributed by atoms with Crippen LogP contribution in [-0.2, 0) is 0 Å². The van der Waals surface area contributed by atoms with Crippen LogP contribution in [0.1, 0.15) is 12.8 Å². The van der Waals surface area contributed by atoms with E-state index in [0.717, 1.165) is 18.9 Å². The quantitative estimate of drug-likeness (QED) is 0.441. The molecule has 0 aliphatic carbocycles. The molecule has 0 bridgehead atoms. The highest BCUT2D eigenvalue weighted by Gasteiger charge is 2.09. The number of halogens is 1. The molecule has 0 atom stereocenters. The van der Waals surface area contributed by atoms with Gasteiger partial charge >= 0.3 is 0 Å². The Morgan fingerprint density at radius 3 is 2.75 bits per heavy atom. The molecule has 0 amide bonds. The number of nitrogens with one attached hydrogen (secondary N) is 1. The zero-order valence-corrected chi connectivity index (χ0v) is 8.78. The third-order valence-electron chi connectivity index (χ3n) is 2.11. The highest BCUT2D eigenvalue weighted by molar-refractivity contribution is 5.49. The van der Waals surface area contributed by atoms with Gasteiger partial charge in [0, 0.05) is 12.6 Å². The summed E-state index contributed by atoms with van der Waals surface area (Å²) in [6, 6.07) is 3.55. The zero-order valence-electron chi connectivity index (χ0n) is 8.78. The molecule has 0 fully saturated rings. The molecule has 0 heterocycles. The van der Waals surface area contributed by atoms with Gasteiger partial charge in [0.1, 0.15) is 0 Å². The van der Waals surface area contributed by atoms with Crippen molar-refractivity contribution in [1.82, 2.24) is 0 Å². The summed E-state index contributed by atoms with van der Waals surface area (Å²) in [5.74, 6) is -0.609. The van der Waals surface area contributed by atoms with Crippen LogP contribution in [0.4, 0.5) is 15.8 Å². The number of hydrogen-bond acceptors (Lipinski definition) is 4. The number of unbranched alkanes of at least 4 members (excludes halogenated alkanes) is 1. The molecule has 0 aliphatic heterocycles. The van der Waals surface area contributed by atoms with Crippen LogP contribution in [0.25, 0.3) is 0 Å². The van der Waals surface area contributed by atoms with Gasteiger partial charge in [0.25, 0.3) is 5.69 Å². The molecule has 0 unspecified atom stereocenters. The van der Waals surface area contributed by atoms with Crippen molar-refractivity contribution in [3.05, 3.63) is 34.1 Å². The monoisotopic (exact) mass is 227 g/mol. The topological polar surface area (TPSA) is 81.2 Å². The normalized spacial score (nSPS) is 10.1. The first kappa shape index (κ1) is 12.4. The number of nitrogens with two attached hydrogens (primary N) is 1. The van der Waals surface area contributed by atoms with Crippen molar-refractivity contribution in [3.8, 4) is 0 Å². The number of nitro groups is 1. The summed E-state index contributed by atoms with van der Waals surface area (Å²) >= 11 is 0. The molecule has 16 heavy (non-hydrogen) atoms. The second-order valence-corrected chi connectivity index (χ2v) is 3.34. The first-order chi connectivity index (χ1) is 7.65. The second-order valence-electron chi connectivity index (χ2n) is 3.34. The first-order valence-corrected chi connectivity index (χ1v) is 5.03. The summed E-state index contributed by atoms with van der Waals surface area (Å²) in [6.45, 7) is 1.20. The molecule has 5 nitrogen and oxygen atoms in total. The van der Waals surface area contributed by atoms with E-state index < -0.39 is 10.7 Å². The van der Waals surface area contributed by atoms with Gasteiger partial charge in [-0.15, -0.1) is 0 Å². The average molecular weight is 227 g/mol. The van der Waals surface area contributed by atoms with Crippen LogP contribution in [0.3, 0.4) is 0 Å². The van der Waals surface area contributed by atoms with Gasteiger partial charge in [-0.3, -0.25) is 10.1 Å². The number of rotatable bonds is 6. The van der Waals surface area contributed by atoms with Gasteiger partial charge < -0.3 is 11.1 Å². The van der Waals surface area contributed by atoms with Gasteiger partial charge in [0.15, 0.2) is 5.82 Å². The Morgan fingerprint density at radius 2 is 2.19 bits per heavy atom. The van der Waals surface area contributed by atoms with Crippen LogP contribution in [0.5, 0.6) is 0 Å². The van der Waals surface area contributed by atoms with E-state index in [2.05, 4.69) is 5.32 Å². The van der Waals surface area contributed by atoms with Crippen LogP contribution in [-0.4, -0.2) is 18.0 Å². The highest BCUT2D eigenvalue weighted by Crippen LogP contribution is 2.20. The minimum absolute atomic E-state index is 0.245. The molecule has 1 aromatic rings. The van der Waals surface area contributed by atoms with Gasteiger partial charge in [-0.2, -0.15) is 0 Å². The van der Waals surface area contributed by atoms with Gasteiger partial charge in [-0.1, -0.05) is 0 Å². The lowest BCUT2D eigenvalue weighted by molar-refractivity contribution is -0.385. The number of nitrogens with zero attached hydrogens (tertiary/aromatic N) is 1. The number of hydrogen-bond donors (Lipinski definition) is 2. The fourth-order valence-corrected chi connectivity index (χ4v) is 1.25. The van der Waals surface area contributed by atoms with E-state index >= 15 is 0 Å². The van der Waals surface area contributed by atoms with Crippen LogP contribution >= 0.6 is 0 Å². The second kappa shape index (κ2) is 6.02. The van der Waals surface area contributed by atoms with E-state index in [1.165, 1.54) is 12.1 Å². The van der Waals surface area contributed by atoms with E-state index in [1.54, 1.807) is 0 Å². The molecule has 0 spiro atoms. The van der Waals surface area contributed by atoms with Crippen molar-refractivity contribution in [3.63, 3.8) is 0 Å². The van der Waals surface area contributed by atoms with Crippen molar-refractivity contribution >= 4 is 11.4 Å². The Labute approximate surface area is 92.6 Å². The summed E-state index contributed by atoms with van der Waals surface area (Å²) < 4.78 is 13.3. The van der Waals surface area contributed by atoms with E-state index in [4.69, 9.17) is 5.73 Å². The maximum atomic E-state index is 13.3. The third kappa shape index (κ3) is 3.47. The molecule has 1 rings (SSSR count). The van der Waals surface area contributed by atoms with Crippen LogP contribution < -0.4 is 11.1 Å². The highest BCUT2D eigenvalue weighted by atomic mass is 19.1. The lowest BCUT2D eigenvalue weighted by Crippen LogP contribution is -2.06. The molecule has 88 valence electrons. The van der Waals surface area contributed by atoms with Gasteiger partial charge in [0.2, 0.25) is 0 Å². The summed E-state index contributed by atoms with van der Waals surface area (Å²) in [5.41, 5.74) is 5.35. The zero-order chi connectivity index (χ0) is 12.0. The smallest absolute Gasteiger partial charge is 0.272 e. The summed E-state index contributed by atoms with van der Waals surface area (Å²) in [7, 11) is 0. The largest absolute Gasteiger partial charge is 0.383 e. The number of benzene rings is 1. The van der Waals surface area contributed by atoms with E-state index in [-0.39, 0.29) is 11.4 Å². The van der Waals surface area contributed by atoms with E-state index in [1.807, 2.05) is 0 Å². The Balaban J connectivity index is 2.57. The Hall–Kier alpha value is -1.69. The minimum atomic E-state index is -0.624. The number of anilines is 1. The average Bonchev–Trinajstić information content (AvgIpc) is 2.26. The standard InChI is InChI=1S/C10H14FN3O2/c11-9-7-8(14(15)16)3-4-10(9)13-6-2-1-5-12/h3-4,7,13H,1-2,5-6,12H2. The summed E-state index contributed by atoms with van der Waals surface area (Å²) in [6.07, 6.45) is 1.70. The van der Waals surface area contributed by atoms with Crippen molar-refractivity contribution in [2.24, 2.45) is 5.73 Å². The minimum Gasteiger partial charge on any atom is -0.383 e. The molecule has 0 aliphatic rings. The first-order valence-electron chi connectivity index (χ1n) is 5.03. The summed E-state index contributed by atoms with van der Waals surface area (Å²) in [4.78, 5) is 9.74.